The Morgan fingerprint density at radius 1 is 1.35 bits per heavy atom. The van der Waals surface area contributed by atoms with E-state index in [4.69, 9.17) is 11.0 Å². The van der Waals surface area contributed by atoms with E-state index < -0.39 is 21.3 Å². The molecule has 0 saturated carbocycles. The van der Waals surface area contributed by atoms with Crippen molar-refractivity contribution in [2.75, 3.05) is 6.54 Å². The van der Waals surface area contributed by atoms with Crippen molar-refractivity contribution in [3.63, 3.8) is 0 Å². The molecular formula is C13H17N3O3S. The normalized spacial score (nSPS) is 11.8. The Bertz CT molecular complexity index is 628. The summed E-state index contributed by atoms with van der Waals surface area (Å²) in [6, 6.07) is 7.99. The highest BCUT2D eigenvalue weighted by molar-refractivity contribution is 7.89. The number of carbonyl (C=O) groups is 1. The molecule has 0 aromatic heterocycles. The Kier molecular flexibility index (Phi) is 4.87. The highest BCUT2D eigenvalue weighted by Crippen LogP contribution is 2.15. The first kappa shape index (κ1) is 16.1. The molecule has 0 heterocycles. The minimum absolute atomic E-state index is 0.0788. The number of nitrogens with two attached hydrogens (primary N) is 1. The van der Waals surface area contributed by atoms with Gasteiger partial charge in [0.2, 0.25) is 15.9 Å². The van der Waals surface area contributed by atoms with E-state index in [1.807, 2.05) is 6.07 Å². The van der Waals surface area contributed by atoms with Crippen molar-refractivity contribution in [2.24, 2.45) is 11.1 Å². The summed E-state index contributed by atoms with van der Waals surface area (Å²) in [6.45, 7) is 3.05. The number of primary amides is 1. The lowest BCUT2D eigenvalue weighted by Gasteiger charge is -2.20. The van der Waals surface area contributed by atoms with Gasteiger partial charge in [-0.1, -0.05) is 12.1 Å². The van der Waals surface area contributed by atoms with Gasteiger partial charge in [0.25, 0.3) is 0 Å². The molecule has 1 aromatic rings. The van der Waals surface area contributed by atoms with Crippen LogP contribution < -0.4 is 10.5 Å². The number of nitrogens with zero attached hydrogens (tertiary/aromatic N) is 1. The highest BCUT2D eigenvalue weighted by atomic mass is 32.2. The summed E-state index contributed by atoms with van der Waals surface area (Å²) >= 11 is 0. The Balaban J connectivity index is 2.84. The lowest BCUT2D eigenvalue weighted by atomic mass is 9.93. The second-order valence-electron chi connectivity index (χ2n) is 5.05. The van der Waals surface area contributed by atoms with Crippen LogP contribution in [-0.2, 0) is 21.2 Å². The predicted molar refractivity (Wildman–Crippen MR) is 73.9 cm³/mol. The third-order valence-corrected chi connectivity index (χ3v) is 4.31. The van der Waals surface area contributed by atoms with Crippen molar-refractivity contribution < 1.29 is 13.2 Å². The van der Waals surface area contributed by atoms with Crippen LogP contribution in [0.1, 0.15) is 19.4 Å². The van der Waals surface area contributed by atoms with Crippen molar-refractivity contribution in [3.05, 3.63) is 29.8 Å². The van der Waals surface area contributed by atoms with E-state index in [0.717, 1.165) is 5.56 Å². The van der Waals surface area contributed by atoms with Crippen LogP contribution in [0.25, 0.3) is 0 Å². The molecular weight excluding hydrogens is 278 g/mol. The van der Waals surface area contributed by atoms with Gasteiger partial charge in [0.1, 0.15) is 0 Å². The number of rotatable bonds is 6. The molecule has 0 aliphatic carbocycles. The van der Waals surface area contributed by atoms with Crippen LogP contribution in [0.15, 0.2) is 29.2 Å². The monoisotopic (exact) mass is 295 g/mol. The number of hydrogen-bond donors (Lipinski definition) is 2. The molecule has 0 fully saturated rings. The van der Waals surface area contributed by atoms with Crippen molar-refractivity contribution in [3.8, 4) is 6.07 Å². The lowest BCUT2D eigenvalue weighted by Crippen LogP contribution is -2.42. The van der Waals surface area contributed by atoms with Gasteiger partial charge in [0, 0.05) is 6.54 Å². The van der Waals surface area contributed by atoms with E-state index in [0.29, 0.717) is 0 Å². The van der Waals surface area contributed by atoms with Crippen molar-refractivity contribution in [2.45, 2.75) is 25.2 Å². The molecule has 0 saturated heterocycles. The van der Waals surface area contributed by atoms with E-state index in [9.17, 15) is 13.2 Å². The molecule has 0 aliphatic rings. The van der Waals surface area contributed by atoms with Crippen molar-refractivity contribution in [1.29, 1.82) is 5.26 Å². The number of amides is 1. The van der Waals surface area contributed by atoms with Gasteiger partial charge >= 0.3 is 0 Å². The smallest absolute Gasteiger partial charge is 0.240 e. The van der Waals surface area contributed by atoms with E-state index in [1.54, 1.807) is 26.0 Å². The molecule has 7 heteroatoms. The Hall–Kier alpha value is -1.91. The first-order valence-electron chi connectivity index (χ1n) is 5.94. The summed E-state index contributed by atoms with van der Waals surface area (Å²) in [5, 5.41) is 8.55. The van der Waals surface area contributed by atoms with E-state index >= 15 is 0 Å². The largest absolute Gasteiger partial charge is 0.369 e. The molecule has 0 atom stereocenters. The molecule has 108 valence electrons. The maximum absolute atomic E-state index is 12.0. The lowest BCUT2D eigenvalue weighted by molar-refractivity contribution is -0.125. The number of nitrogens with one attached hydrogen (secondary N) is 1. The molecule has 0 unspecified atom stereocenters. The fraction of sp³-hybridized carbons (Fsp3) is 0.385. The molecule has 1 amide bonds. The minimum Gasteiger partial charge on any atom is -0.369 e. The second-order valence-corrected chi connectivity index (χ2v) is 6.82. The van der Waals surface area contributed by atoms with Gasteiger partial charge in [-0.3, -0.25) is 4.79 Å². The SMILES string of the molecule is CC(C)(CNS(=O)(=O)c1ccc(CC#N)cc1)C(N)=O. The van der Waals surface area contributed by atoms with Gasteiger partial charge in [0.05, 0.1) is 22.8 Å². The first-order valence-corrected chi connectivity index (χ1v) is 7.43. The molecule has 0 spiro atoms. The zero-order chi connectivity index (χ0) is 15.4. The van der Waals surface area contributed by atoms with Gasteiger partial charge in [-0.25, -0.2) is 13.1 Å². The third kappa shape index (κ3) is 4.05. The van der Waals surface area contributed by atoms with Crippen LogP contribution in [0.2, 0.25) is 0 Å². The minimum atomic E-state index is -3.70. The Morgan fingerprint density at radius 2 is 1.90 bits per heavy atom. The molecule has 0 bridgehead atoms. The topological polar surface area (TPSA) is 113 Å². The summed E-state index contributed by atoms with van der Waals surface area (Å²) in [4.78, 5) is 11.2. The number of benzene rings is 1. The maximum atomic E-state index is 12.0. The van der Waals surface area contributed by atoms with Gasteiger partial charge in [0.15, 0.2) is 0 Å². The van der Waals surface area contributed by atoms with Crippen LogP contribution in [0.4, 0.5) is 0 Å². The van der Waals surface area contributed by atoms with Gasteiger partial charge in [-0.15, -0.1) is 0 Å². The summed E-state index contributed by atoms with van der Waals surface area (Å²) in [7, 11) is -3.70. The fourth-order valence-corrected chi connectivity index (χ4v) is 2.54. The summed E-state index contributed by atoms with van der Waals surface area (Å²) < 4.78 is 26.4. The van der Waals surface area contributed by atoms with Crippen LogP contribution in [0.5, 0.6) is 0 Å². The van der Waals surface area contributed by atoms with Crippen LogP contribution in [-0.4, -0.2) is 20.9 Å². The van der Waals surface area contributed by atoms with E-state index in [1.165, 1.54) is 12.1 Å². The van der Waals surface area contributed by atoms with Gasteiger partial charge < -0.3 is 5.73 Å². The second kappa shape index (κ2) is 6.03. The standard InChI is InChI=1S/C13H17N3O3S/c1-13(2,12(15)17)9-16-20(18,19)11-5-3-10(4-6-11)7-8-14/h3-6,16H,7,9H2,1-2H3,(H2,15,17). The Labute approximate surface area is 118 Å². The highest BCUT2D eigenvalue weighted by Gasteiger charge is 2.27. The van der Waals surface area contributed by atoms with Gasteiger partial charge in [-0.2, -0.15) is 5.26 Å². The predicted octanol–water partition coefficient (Wildman–Crippen LogP) is 0.542. The summed E-state index contributed by atoms with van der Waals surface area (Å²) in [5.74, 6) is -0.579. The number of nitriles is 1. The molecule has 0 radical (unpaired) electrons. The number of sulfonamides is 1. The first-order chi connectivity index (χ1) is 9.19. The molecule has 20 heavy (non-hydrogen) atoms. The third-order valence-electron chi connectivity index (χ3n) is 2.89. The van der Waals surface area contributed by atoms with Gasteiger partial charge in [-0.05, 0) is 31.5 Å². The van der Waals surface area contributed by atoms with Crippen LogP contribution >= 0.6 is 0 Å². The molecule has 0 aliphatic heterocycles. The van der Waals surface area contributed by atoms with Crippen molar-refractivity contribution in [1.82, 2.24) is 4.72 Å². The number of hydrogen-bond acceptors (Lipinski definition) is 4. The van der Waals surface area contributed by atoms with Crippen molar-refractivity contribution >= 4 is 15.9 Å². The summed E-state index contributed by atoms with van der Waals surface area (Å²) in [5.41, 5.74) is 4.96. The van der Waals surface area contributed by atoms with E-state index in [2.05, 4.69) is 4.72 Å². The Morgan fingerprint density at radius 3 is 2.35 bits per heavy atom. The molecule has 1 rings (SSSR count). The molecule has 1 aromatic carbocycles. The summed E-state index contributed by atoms with van der Waals surface area (Å²) in [6.07, 6.45) is 0.225. The number of carbonyl (C=O) groups excluding carboxylic acids is 1. The molecule has 6 nitrogen and oxygen atoms in total. The maximum Gasteiger partial charge on any atom is 0.240 e. The average Bonchev–Trinajstić information content (AvgIpc) is 2.38. The zero-order valence-electron chi connectivity index (χ0n) is 11.4. The van der Waals surface area contributed by atoms with Crippen LogP contribution in [0.3, 0.4) is 0 Å². The molecule has 3 N–H and O–H groups in total. The average molecular weight is 295 g/mol. The van der Waals surface area contributed by atoms with Crippen LogP contribution in [0, 0.1) is 16.7 Å². The fourth-order valence-electron chi connectivity index (χ4n) is 1.32. The quantitative estimate of drug-likeness (QED) is 0.797. The zero-order valence-corrected chi connectivity index (χ0v) is 12.2. The van der Waals surface area contributed by atoms with E-state index in [-0.39, 0.29) is 17.9 Å².